The van der Waals surface area contributed by atoms with Crippen LogP contribution in [0.4, 0.5) is 0 Å². The van der Waals surface area contributed by atoms with Gasteiger partial charge in [-0.3, -0.25) is 9.48 Å². The number of hydrogen-bond donors (Lipinski definition) is 2. The molecule has 0 radical (unpaired) electrons. The average molecular weight is 310 g/mol. The molecule has 0 aliphatic rings. The topological polar surface area (TPSA) is 68.2 Å². The first kappa shape index (κ1) is 18.6. The molecule has 2 N–H and O–H groups in total. The van der Waals surface area contributed by atoms with E-state index < -0.39 is 0 Å². The van der Waals surface area contributed by atoms with Crippen molar-refractivity contribution < 1.29 is 9.53 Å². The summed E-state index contributed by atoms with van der Waals surface area (Å²) >= 11 is 0. The Morgan fingerprint density at radius 1 is 1.32 bits per heavy atom. The number of ether oxygens (including phenoxy) is 1. The summed E-state index contributed by atoms with van der Waals surface area (Å²) in [5.74, 6) is 0.197. The zero-order valence-electron chi connectivity index (χ0n) is 14.7. The molecular formula is C16H30N4O2. The van der Waals surface area contributed by atoms with Gasteiger partial charge < -0.3 is 15.4 Å². The molecule has 6 heteroatoms. The van der Waals surface area contributed by atoms with Gasteiger partial charge in [-0.25, -0.2) is 0 Å². The van der Waals surface area contributed by atoms with Crippen molar-refractivity contribution in [2.24, 2.45) is 0 Å². The highest BCUT2D eigenvalue weighted by atomic mass is 16.5. The molecular weight excluding hydrogens is 280 g/mol. The Bertz CT molecular complexity index is 475. The van der Waals surface area contributed by atoms with Gasteiger partial charge in [0.1, 0.15) is 5.69 Å². The van der Waals surface area contributed by atoms with E-state index in [1.54, 1.807) is 7.11 Å². The summed E-state index contributed by atoms with van der Waals surface area (Å²) < 4.78 is 6.89. The van der Waals surface area contributed by atoms with E-state index in [4.69, 9.17) is 4.74 Å². The van der Waals surface area contributed by atoms with Crippen molar-refractivity contribution in [1.82, 2.24) is 20.4 Å². The van der Waals surface area contributed by atoms with Gasteiger partial charge in [0.15, 0.2) is 0 Å². The lowest BCUT2D eigenvalue weighted by Gasteiger charge is -2.23. The molecule has 0 saturated carbocycles. The fourth-order valence-corrected chi connectivity index (χ4v) is 2.11. The fraction of sp³-hybridized carbons (Fsp3) is 0.750. The number of nitrogens with zero attached hydrogens (tertiary/aromatic N) is 2. The third-order valence-corrected chi connectivity index (χ3v) is 3.27. The van der Waals surface area contributed by atoms with Crippen LogP contribution in [-0.2, 0) is 10.3 Å². The predicted octanol–water partition coefficient (Wildman–Crippen LogP) is 1.73. The summed E-state index contributed by atoms with van der Waals surface area (Å²) in [5.41, 5.74) is 1.42. The maximum atomic E-state index is 12.2. The van der Waals surface area contributed by atoms with Gasteiger partial charge in [0.25, 0.3) is 5.91 Å². The van der Waals surface area contributed by atoms with Crippen LogP contribution >= 0.6 is 0 Å². The Labute approximate surface area is 133 Å². The summed E-state index contributed by atoms with van der Waals surface area (Å²) in [5, 5.41) is 10.6. The highest BCUT2D eigenvalue weighted by Gasteiger charge is 2.23. The summed E-state index contributed by atoms with van der Waals surface area (Å²) in [6.45, 7) is 13.2. The molecule has 126 valence electrons. The van der Waals surface area contributed by atoms with Gasteiger partial charge in [-0.05, 0) is 32.8 Å². The second-order valence-corrected chi connectivity index (χ2v) is 6.69. The van der Waals surface area contributed by atoms with Crippen LogP contribution in [0.15, 0.2) is 6.07 Å². The second kappa shape index (κ2) is 8.29. The van der Waals surface area contributed by atoms with E-state index in [-0.39, 0.29) is 11.4 Å². The van der Waals surface area contributed by atoms with Crippen molar-refractivity contribution in [3.8, 4) is 0 Å². The third kappa shape index (κ3) is 5.42. The Kier molecular flexibility index (Phi) is 7.03. The third-order valence-electron chi connectivity index (χ3n) is 3.27. The Balaban J connectivity index is 2.63. The first-order chi connectivity index (χ1) is 10.3. The molecule has 1 heterocycles. The fourth-order valence-electron chi connectivity index (χ4n) is 2.11. The van der Waals surface area contributed by atoms with E-state index in [0.717, 1.165) is 12.2 Å². The number of hydrogen-bond acceptors (Lipinski definition) is 4. The van der Waals surface area contributed by atoms with Crippen LogP contribution in [0, 0.1) is 0 Å². The first-order valence-electron chi connectivity index (χ1n) is 7.85. The van der Waals surface area contributed by atoms with E-state index in [2.05, 4.69) is 50.4 Å². The lowest BCUT2D eigenvalue weighted by Crippen LogP contribution is -2.33. The molecule has 0 aromatic carbocycles. The average Bonchev–Trinajstić information content (AvgIpc) is 2.88. The van der Waals surface area contributed by atoms with Gasteiger partial charge in [0.05, 0.1) is 12.1 Å². The van der Waals surface area contributed by atoms with Crippen molar-refractivity contribution in [3.63, 3.8) is 0 Å². The van der Waals surface area contributed by atoms with Crippen LogP contribution in [0.1, 0.15) is 56.7 Å². The van der Waals surface area contributed by atoms with Crippen LogP contribution in [0.2, 0.25) is 0 Å². The molecule has 1 rings (SSSR count). The SMILES string of the molecule is COCCNCCNC(=O)c1cc(C(C)C)n(C(C)(C)C)n1. The Hall–Kier alpha value is -1.40. The minimum atomic E-state index is -0.139. The quantitative estimate of drug-likeness (QED) is 0.718. The molecule has 6 nitrogen and oxygen atoms in total. The lowest BCUT2D eigenvalue weighted by atomic mass is 10.1. The van der Waals surface area contributed by atoms with E-state index in [9.17, 15) is 4.79 Å². The molecule has 0 atom stereocenters. The summed E-state index contributed by atoms with van der Waals surface area (Å²) in [7, 11) is 1.67. The monoisotopic (exact) mass is 310 g/mol. The van der Waals surface area contributed by atoms with Crippen molar-refractivity contribution in [3.05, 3.63) is 17.5 Å². The van der Waals surface area contributed by atoms with Crippen molar-refractivity contribution in [2.75, 3.05) is 33.4 Å². The smallest absolute Gasteiger partial charge is 0.271 e. The van der Waals surface area contributed by atoms with Crippen molar-refractivity contribution in [1.29, 1.82) is 0 Å². The Morgan fingerprint density at radius 3 is 2.50 bits per heavy atom. The largest absolute Gasteiger partial charge is 0.383 e. The lowest BCUT2D eigenvalue weighted by molar-refractivity contribution is 0.0947. The van der Waals surface area contributed by atoms with Crippen LogP contribution in [0.25, 0.3) is 0 Å². The van der Waals surface area contributed by atoms with Crippen LogP contribution in [0.5, 0.6) is 0 Å². The molecule has 0 unspecified atom stereocenters. The van der Waals surface area contributed by atoms with Crippen LogP contribution in [0.3, 0.4) is 0 Å². The van der Waals surface area contributed by atoms with E-state index in [0.29, 0.717) is 31.3 Å². The number of carbonyl (C=O) groups excluding carboxylic acids is 1. The normalized spacial score (nSPS) is 12.0. The van der Waals surface area contributed by atoms with Gasteiger partial charge in [-0.1, -0.05) is 13.8 Å². The zero-order valence-corrected chi connectivity index (χ0v) is 14.7. The molecule has 0 bridgehead atoms. The van der Waals surface area contributed by atoms with E-state index in [1.807, 2.05) is 10.7 Å². The highest BCUT2D eigenvalue weighted by molar-refractivity contribution is 5.92. The number of rotatable bonds is 8. The number of aromatic nitrogens is 2. The molecule has 0 spiro atoms. The summed E-state index contributed by atoms with van der Waals surface area (Å²) in [6, 6.07) is 1.89. The molecule has 0 aliphatic carbocycles. The summed E-state index contributed by atoms with van der Waals surface area (Å²) in [6.07, 6.45) is 0. The van der Waals surface area contributed by atoms with Crippen LogP contribution < -0.4 is 10.6 Å². The molecule has 1 aromatic rings. The van der Waals surface area contributed by atoms with E-state index >= 15 is 0 Å². The van der Waals surface area contributed by atoms with Gasteiger partial charge >= 0.3 is 0 Å². The van der Waals surface area contributed by atoms with Gasteiger partial charge in [0.2, 0.25) is 0 Å². The number of nitrogens with one attached hydrogen (secondary N) is 2. The minimum Gasteiger partial charge on any atom is -0.383 e. The van der Waals surface area contributed by atoms with Crippen molar-refractivity contribution in [2.45, 2.75) is 46.1 Å². The van der Waals surface area contributed by atoms with E-state index in [1.165, 1.54) is 0 Å². The number of methoxy groups -OCH3 is 1. The molecule has 0 fully saturated rings. The van der Waals surface area contributed by atoms with Gasteiger partial charge in [-0.15, -0.1) is 0 Å². The maximum absolute atomic E-state index is 12.2. The standard InChI is InChI=1S/C16H30N4O2/c1-12(2)14-11-13(19-20(14)16(3,4)5)15(21)18-8-7-17-9-10-22-6/h11-12,17H,7-10H2,1-6H3,(H,18,21). The summed E-state index contributed by atoms with van der Waals surface area (Å²) in [4.78, 5) is 12.2. The second-order valence-electron chi connectivity index (χ2n) is 6.69. The number of carbonyl (C=O) groups is 1. The number of amides is 1. The molecule has 0 saturated heterocycles. The van der Waals surface area contributed by atoms with Crippen molar-refractivity contribution >= 4 is 5.91 Å². The zero-order chi connectivity index (χ0) is 16.8. The maximum Gasteiger partial charge on any atom is 0.271 e. The first-order valence-corrected chi connectivity index (χ1v) is 7.85. The minimum absolute atomic E-state index is 0.126. The molecule has 0 aliphatic heterocycles. The van der Waals surface area contributed by atoms with Gasteiger partial charge in [-0.2, -0.15) is 5.10 Å². The van der Waals surface area contributed by atoms with Gasteiger partial charge in [0, 0.05) is 32.4 Å². The molecule has 1 aromatic heterocycles. The highest BCUT2D eigenvalue weighted by Crippen LogP contribution is 2.23. The molecule has 1 amide bonds. The Morgan fingerprint density at radius 2 is 2.00 bits per heavy atom. The predicted molar refractivity (Wildman–Crippen MR) is 88.4 cm³/mol. The van der Waals surface area contributed by atoms with Crippen LogP contribution in [-0.4, -0.2) is 49.0 Å². The molecule has 22 heavy (non-hydrogen) atoms.